The maximum Gasteiger partial charge on any atom is 0.0707 e. The molecule has 2 rings (SSSR count). The van der Waals surface area contributed by atoms with Crippen molar-refractivity contribution in [2.24, 2.45) is 5.92 Å². The maximum atomic E-state index is 6.04. The minimum Gasteiger partial charge on any atom is -0.371 e. The number of ether oxygens (including phenoxy) is 1. The van der Waals surface area contributed by atoms with Crippen LogP contribution in [0.15, 0.2) is 0 Å². The summed E-state index contributed by atoms with van der Waals surface area (Å²) in [5.41, 5.74) is 0.0881. The Labute approximate surface area is 110 Å². The molecule has 2 nitrogen and oxygen atoms in total. The summed E-state index contributed by atoms with van der Waals surface area (Å²) in [5, 5.41) is 3.69. The smallest absolute Gasteiger partial charge is 0.0707 e. The predicted octanol–water partition coefficient (Wildman–Crippen LogP) is 3.33. The highest BCUT2D eigenvalue weighted by molar-refractivity contribution is 6.18. The second kappa shape index (κ2) is 5.90. The lowest BCUT2D eigenvalue weighted by atomic mass is 9.85. The van der Waals surface area contributed by atoms with E-state index in [1.165, 1.54) is 38.5 Å². The molecule has 1 saturated carbocycles. The Bertz CT molecular complexity index is 244. The standard InChI is InChI=1S/C14H26ClNO/c1-14(2)8-7-12(17-14)10-16-13-6-4-3-5-11(13)9-15/h11-13,16H,3-10H2,1-2H3. The van der Waals surface area contributed by atoms with Crippen molar-refractivity contribution in [2.75, 3.05) is 12.4 Å². The van der Waals surface area contributed by atoms with E-state index >= 15 is 0 Å². The van der Waals surface area contributed by atoms with Crippen molar-refractivity contribution >= 4 is 11.6 Å². The van der Waals surface area contributed by atoms with Crippen LogP contribution in [0.4, 0.5) is 0 Å². The zero-order valence-corrected chi connectivity index (χ0v) is 11.9. The Morgan fingerprint density at radius 3 is 2.65 bits per heavy atom. The molecule has 0 spiro atoms. The van der Waals surface area contributed by atoms with Crippen LogP contribution in [0, 0.1) is 5.92 Å². The third-order valence-electron chi connectivity index (χ3n) is 4.27. The summed E-state index contributed by atoms with van der Waals surface area (Å²) in [6, 6.07) is 0.619. The van der Waals surface area contributed by atoms with Gasteiger partial charge in [-0.1, -0.05) is 12.8 Å². The quantitative estimate of drug-likeness (QED) is 0.782. The first-order valence-electron chi connectivity index (χ1n) is 7.08. The Hall–Kier alpha value is 0.210. The topological polar surface area (TPSA) is 21.3 Å². The van der Waals surface area contributed by atoms with Crippen LogP contribution in [0.5, 0.6) is 0 Å². The Morgan fingerprint density at radius 1 is 1.24 bits per heavy atom. The molecule has 0 radical (unpaired) electrons. The van der Waals surface area contributed by atoms with Crippen LogP contribution in [0.2, 0.25) is 0 Å². The zero-order chi connectivity index (χ0) is 12.3. The molecule has 0 aromatic rings. The molecule has 2 fully saturated rings. The van der Waals surface area contributed by atoms with Gasteiger partial charge in [0.2, 0.25) is 0 Å². The lowest BCUT2D eigenvalue weighted by molar-refractivity contribution is -0.0161. The van der Waals surface area contributed by atoms with Gasteiger partial charge in [-0.15, -0.1) is 11.6 Å². The molecule has 3 atom stereocenters. The monoisotopic (exact) mass is 259 g/mol. The van der Waals surface area contributed by atoms with Crippen molar-refractivity contribution < 1.29 is 4.74 Å². The average Bonchev–Trinajstić information content (AvgIpc) is 2.67. The van der Waals surface area contributed by atoms with Crippen molar-refractivity contribution in [1.29, 1.82) is 0 Å². The molecule has 1 aliphatic heterocycles. The lowest BCUT2D eigenvalue weighted by Gasteiger charge is -2.32. The van der Waals surface area contributed by atoms with E-state index in [1.54, 1.807) is 0 Å². The van der Waals surface area contributed by atoms with E-state index in [4.69, 9.17) is 16.3 Å². The van der Waals surface area contributed by atoms with Gasteiger partial charge < -0.3 is 10.1 Å². The summed E-state index contributed by atoms with van der Waals surface area (Å²) in [6.07, 6.45) is 8.06. The molecule has 0 aromatic carbocycles. The normalized spacial score (nSPS) is 37.2. The van der Waals surface area contributed by atoms with E-state index in [0.29, 0.717) is 18.1 Å². The predicted molar refractivity (Wildman–Crippen MR) is 72.7 cm³/mol. The van der Waals surface area contributed by atoms with Crippen LogP contribution in [-0.4, -0.2) is 30.2 Å². The largest absolute Gasteiger partial charge is 0.371 e. The zero-order valence-electron chi connectivity index (χ0n) is 11.2. The molecule has 0 bridgehead atoms. The molecule has 0 amide bonds. The Balaban J connectivity index is 1.74. The number of nitrogens with one attached hydrogen (secondary N) is 1. The van der Waals surface area contributed by atoms with E-state index in [1.807, 2.05) is 0 Å². The first kappa shape index (κ1) is 13.6. The van der Waals surface area contributed by atoms with Gasteiger partial charge in [0, 0.05) is 18.5 Å². The number of hydrogen-bond donors (Lipinski definition) is 1. The van der Waals surface area contributed by atoms with E-state index < -0.39 is 0 Å². The molecule has 0 aromatic heterocycles. The van der Waals surface area contributed by atoms with Crippen molar-refractivity contribution in [2.45, 2.75) is 70.1 Å². The van der Waals surface area contributed by atoms with Crippen LogP contribution < -0.4 is 5.32 Å². The van der Waals surface area contributed by atoms with Crippen LogP contribution >= 0.6 is 11.6 Å². The van der Waals surface area contributed by atoms with Crippen molar-refractivity contribution in [3.05, 3.63) is 0 Å². The molecule has 17 heavy (non-hydrogen) atoms. The van der Waals surface area contributed by atoms with Gasteiger partial charge in [-0.2, -0.15) is 0 Å². The van der Waals surface area contributed by atoms with Gasteiger partial charge in [0.25, 0.3) is 0 Å². The third-order valence-corrected chi connectivity index (χ3v) is 4.67. The third kappa shape index (κ3) is 3.84. The summed E-state index contributed by atoms with van der Waals surface area (Å²) in [4.78, 5) is 0. The molecule has 1 saturated heterocycles. The van der Waals surface area contributed by atoms with Crippen molar-refractivity contribution in [3.63, 3.8) is 0 Å². The fourth-order valence-electron chi connectivity index (χ4n) is 3.17. The van der Waals surface area contributed by atoms with Crippen LogP contribution in [0.25, 0.3) is 0 Å². The molecule has 100 valence electrons. The fourth-order valence-corrected chi connectivity index (χ4v) is 3.53. The molecule has 1 aliphatic carbocycles. The van der Waals surface area contributed by atoms with Gasteiger partial charge in [-0.25, -0.2) is 0 Å². The second-order valence-electron chi connectivity index (χ2n) is 6.25. The van der Waals surface area contributed by atoms with Gasteiger partial charge in [0.05, 0.1) is 11.7 Å². The van der Waals surface area contributed by atoms with Gasteiger partial charge >= 0.3 is 0 Å². The lowest BCUT2D eigenvalue weighted by Crippen LogP contribution is -2.43. The average molecular weight is 260 g/mol. The molecule has 2 aliphatic rings. The van der Waals surface area contributed by atoms with Gasteiger partial charge in [-0.3, -0.25) is 0 Å². The summed E-state index contributed by atoms with van der Waals surface area (Å²) in [6.45, 7) is 5.38. The van der Waals surface area contributed by atoms with Crippen molar-refractivity contribution in [3.8, 4) is 0 Å². The summed E-state index contributed by atoms with van der Waals surface area (Å²) < 4.78 is 6.01. The highest BCUT2D eigenvalue weighted by Gasteiger charge is 2.32. The number of halogens is 1. The molecule has 3 unspecified atom stereocenters. The van der Waals surface area contributed by atoms with Crippen LogP contribution in [0.1, 0.15) is 52.4 Å². The van der Waals surface area contributed by atoms with E-state index in [-0.39, 0.29) is 5.60 Å². The fraction of sp³-hybridized carbons (Fsp3) is 1.00. The van der Waals surface area contributed by atoms with Gasteiger partial charge in [-0.05, 0) is 45.4 Å². The van der Waals surface area contributed by atoms with Crippen LogP contribution in [-0.2, 0) is 4.74 Å². The second-order valence-corrected chi connectivity index (χ2v) is 6.56. The molecule has 1 heterocycles. The van der Waals surface area contributed by atoms with E-state index in [9.17, 15) is 0 Å². The Kier molecular flexibility index (Phi) is 4.73. The van der Waals surface area contributed by atoms with Gasteiger partial charge in [0.1, 0.15) is 0 Å². The summed E-state index contributed by atoms with van der Waals surface area (Å²) in [7, 11) is 0. The van der Waals surface area contributed by atoms with E-state index in [2.05, 4.69) is 19.2 Å². The first-order valence-corrected chi connectivity index (χ1v) is 7.61. The highest BCUT2D eigenvalue weighted by atomic mass is 35.5. The maximum absolute atomic E-state index is 6.04. The summed E-state index contributed by atoms with van der Waals surface area (Å²) in [5.74, 6) is 1.47. The minimum atomic E-state index is 0.0881. The molecule has 3 heteroatoms. The SMILES string of the molecule is CC1(C)CCC(CNC2CCCCC2CCl)O1. The molecule has 1 N–H and O–H groups in total. The van der Waals surface area contributed by atoms with Crippen LogP contribution in [0.3, 0.4) is 0 Å². The van der Waals surface area contributed by atoms with Crippen molar-refractivity contribution in [1.82, 2.24) is 5.32 Å². The number of rotatable bonds is 4. The number of alkyl halides is 1. The van der Waals surface area contributed by atoms with Gasteiger partial charge in [0.15, 0.2) is 0 Å². The Morgan fingerprint density at radius 2 is 2.00 bits per heavy atom. The van der Waals surface area contributed by atoms with E-state index in [0.717, 1.165) is 12.4 Å². The number of hydrogen-bond acceptors (Lipinski definition) is 2. The first-order chi connectivity index (χ1) is 8.11. The summed E-state index contributed by atoms with van der Waals surface area (Å²) >= 11 is 6.04. The molecular formula is C14H26ClNO. The minimum absolute atomic E-state index is 0.0881. The molecular weight excluding hydrogens is 234 g/mol. The highest BCUT2D eigenvalue weighted by Crippen LogP contribution is 2.30.